The highest BCUT2D eigenvalue weighted by Gasteiger charge is 2.30. The van der Waals surface area contributed by atoms with Gasteiger partial charge < -0.3 is 9.64 Å². The second-order valence-electron chi connectivity index (χ2n) is 5.50. The lowest BCUT2D eigenvalue weighted by atomic mass is 10.2. The molecule has 6 heteroatoms. The minimum Gasteiger partial charge on any atom is -0.444 e. The standard InChI is InChI=1S/C13H19N3O2S/c1-13(2,3)18-12(17)16-7-4-10(9-16)19-11-8-14-5-6-15-11/h5-6,8,10H,4,7,9H2,1-3H3/t10-/m1/s1. The molecule has 19 heavy (non-hydrogen) atoms. The number of likely N-dealkylation sites (tertiary alicyclic amines) is 1. The van der Waals surface area contributed by atoms with Crippen LogP contribution in [-0.2, 0) is 4.74 Å². The average Bonchev–Trinajstić information content (AvgIpc) is 2.77. The van der Waals surface area contributed by atoms with Crippen molar-refractivity contribution < 1.29 is 9.53 Å². The molecule has 2 rings (SSSR count). The molecule has 104 valence electrons. The molecule has 0 radical (unpaired) electrons. The molecule has 1 aromatic heterocycles. The summed E-state index contributed by atoms with van der Waals surface area (Å²) in [5, 5.41) is 1.27. The number of nitrogens with zero attached hydrogens (tertiary/aromatic N) is 3. The first kappa shape index (κ1) is 14.1. The fraction of sp³-hybridized carbons (Fsp3) is 0.615. The van der Waals surface area contributed by atoms with Crippen molar-refractivity contribution in [1.82, 2.24) is 14.9 Å². The summed E-state index contributed by atoms with van der Waals surface area (Å²) in [7, 11) is 0. The molecule has 0 aromatic carbocycles. The van der Waals surface area contributed by atoms with Gasteiger partial charge in [0.2, 0.25) is 0 Å². The molecule has 1 saturated heterocycles. The predicted molar refractivity (Wildman–Crippen MR) is 74.1 cm³/mol. The van der Waals surface area contributed by atoms with E-state index in [9.17, 15) is 4.79 Å². The van der Waals surface area contributed by atoms with Crippen LogP contribution >= 0.6 is 11.8 Å². The van der Waals surface area contributed by atoms with Crippen molar-refractivity contribution in [3.8, 4) is 0 Å². The highest BCUT2D eigenvalue weighted by Crippen LogP contribution is 2.28. The zero-order valence-corrected chi connectivity index (χ0v) is 12.3. The Hall–Kier alpha value is -1.30. The Labute approximate surface area is 117 Å². The number of thioether (sulfide) groups is 1. The topological polar surface area (TPSA) is 55.3 Å². The Bertz CT molecular complexity index is 433. The molecule has 1 fully saturated rings. The number of hydrogen-bond donors (Lipinski definition) is 0. The van der Waals surface area contributed by atoms with E-state index in [4.69, 9.17) is 4.74 Å². The van der Waals surface area contributed by atoms with E-state index >= 15 is 0 Å². The number of amides is 1. The lowest BCUT2D eigenvalue weighted by Gasteiger charge is -2.24. The molecule has 1 amide bonds. The van der Waals surface area contributed by atoms with Crippen molar-refractivity contribution in [2.75, 3.05) is 13.1 Å². The first-order valence-corrected chi connectivity index (χ1v) is 7.22. The molecular weight excluding hydrogens is 262 g/mol. The number of hydrogen-bond acceptors (Lipinski definition) is 5. The summed E-state index contributed by atoms with van der Waals surface area (Å²) in [4.78, 5) is 22.0. The van der Waals surface area contributed by atoms with E-state index in [-0.39, 0.29) is 6.09 Å². The molecule has 0 aliphatic carbocycles. The van der Waals surface area contributed by atoms with Crippen LogP contribution in [0.1, 0.15) is 27.2 Å². The van der Waals surface area contributed by atoms with Crippen LogP contribution in [0.2, 0.25) is 0 Å². The number of carbonyl (C=O) groups excluding carboxylic acids is 1. The normalized spacial score (nSPS) is 19.5. The summed E-state index contributed by atoms with van der Waals surface area (Å²) in [6, 6.07) is 0. The van der Waals surface area contributed by atoms with Crippen molar-refractivity contribution in [3.63, 3.8) is 0 Å². The van der Waals surface area contributed by atoms with Crippen LogP contribution in [0.25, 0.3) is 0 Å². The van der Waals surface area contributed by atoms with Crippen molar-refractivity contribution in [3.05, 3.63) is 18.6 Å². The number of carbonyl (C=O) groups is 1. The van der Waals surface area contributed by atoms with Gasteiger partial charge in [0.25, 0.3) is 0 Å². The van der Waals surface area contributed by atoms with Crippen LogP contribution in [0.3, 0.4) is 0 Å². The molecule has 1 aliphatic rings. The van der Waals surface area contributed by atoms with Gasteiger partial charge in [-0.15, -0.1) is 0 Å². The highest BCUT2D eigenvalue weighted by molar-refractivity contribution is 7.99. The predicted octanol–water partition coefficient (Wildman–Crippen LogP) is 2.58. The largest absolute Gasteiger partial charge is 0.444 e. The molecule has 2 heterocycles. The van der Waals surface area contributed by atoms with Crippen LogP contribution in [0.15, 0.2) is 23.6 Å². The second-order valence-corrected chi connectivity index (χ2v) is 6.82. The second kappa shape index (κ2) is 5.77. The van der Waals surface area contributed by atoms with E-state index in [0.29, 0.717) is 11.8 Å². The third-order valence-electron chi connectivity index (χ3n) is 2.62. The van der Waals surface area contributed by atoms with E-state index in [1.54, 1.807) is 35.3 Å². The van der Waals surface area contributed by atoms with Gasteiger partial charge in [-0.3, -0.25) is 4.98 Å². The highest BCUT2D eigenvalue weighted by atomic mass is 32.2. The van der Waals surface area contributed by atoms with Crippen LogP contribution in [0.5, 0.6) is 0 Å². The van der Waals surface area contributed by atoms with Gasteiger partial charge in [-0.25, -0.2) is 9.78 Å². The van der Waals surface area contributed by atoms with Gasteiger partial charge in [0.1, 0.15) is 10.6 Å². The summed E-state index contributed by atoms with van der Waals surface area (Å²) in [5.41, 5.74) is -0.437. The summed E-state index contributed by atoms with van der Waals surface area (Å²) in [6.45, 7) is 7.09. The minimum atomic E-state index is -0.437. The fourth-order valence-corrected chi connectivity index (χ4v) is 2.90. The monoisotopic (exact) mass is 281 g/mol. The number of rotatable bonds is 2. The fourth-order valence-electron chi connectivity index (χ4n) is 1.83. The maximum absolute atomic E-state index is 11.9. The van der Waals surface area contributed by atoms with Gasteiger partial charge >= 0.3 is 6.09 Å². The number of aromatic nitrogens is 2. The maximum Gasteiger partial charge on any atom is 0.410 e. The molecule has 0 saturated carbocycles. The van der Waals surface area contributed by atoms with Crippen LogP contribution in [0, 0.1) is 0 Å². The first-order valence-electron chi connectivity index (χ1n) is 6.34. The maximum atomic E-state index is 11.9. The van der Waals surface area contributed by atoms with Gasteiger partial charge in [0.15, 0.2) is 0 Å². The summed E-state index contributed by atoms with van der Waals surface area (Å²) in [6.07, 6.45) is 5.82. The lowest BCUT2D eigenvalue weighted by molar-refractivity contribution is 0.0295. The molecular formula is C13H19N3O2S. The minimum absolute atomic E-state index is 0.227. The SMILES string of the molecule is CC(C)(C)OC(=O)N1CC[C@@H](Sc2cnccn2)C1. The van der Waals surface area contributed by atoms with E-state index < -0.39 is 5.60 Å². The number of ether oxygens (including phenoxy) is 1. The summed E-state index contributed by atoms with van der Waals surface area (Å²) < 4.78 is 5.37. The van der Waals surface area contributed by atoms with Crippen molar-refractivity contribution in [2.45, 2.75) is 43.1 Å². The molecule has 0 N–H and O–H groups in total. The average molecular weight is 281 g/mol. The van der Waals surface area contributed by atoms with Crippen molar-refractivity contribution in [2.24, 2.45) is 0 Å². The summed E-state index contributed by atoms with van der Waals surface area (Å²) in [5.74, 6) is 0. The molecule has 0 unspecified atom stereocenters. The Morgan fingerprint density at radius 2 is 2.26 bits per heavy atom. The third-order valence-corrected chi connectivity index (χ3v) is 3.79. The van der Waals surface area contributed by atoms with E-state index in [1.807, 2.05) is 20.8 Å². The molecule has 0 bridgehead atoms. The van der Waals surface area contributed by atoms with Crippen molar-refractivity contribution in [1.29, 1.82) is 0 Å². The molecule has 1 atom stereocenters. The zero-order valence-electron chi connectivity index (χ0n) is 11.5. The van der Waals surface area contributed by atoms with E-state index in [1.165, 1.54) is 0 Å². The van der Waals surface area contributed by atoms with Gasteiger partial charge in [-0.05, 0) is 27.2 Å². The van der Waals surface area contributed by atoms with Gasteiger partial charge in [0.05, 0.1) is 6.20 Å². The Balaban J connectivity index is 1.85. The molecule has 1 aromatic rings. The quantitative estimate of drug-likeness (QED) is 0.834. The Kier molecular flexibility index (Phi) is 4.29. The lowest BCUT2D eigenvalue weighted by Crippen LogP contribution is -2.35. The van der Waals surface area contributed by atoms with E-state index in [2.05, 4.69) is 9.97 Å². The van der Waals surface area contributed by atoms with Crippen LogP contribution in [0.4, 0.5) is 4.79 Å². The van der Waals surface area contributed by atoms with E-state index in [0.717, 1.165) is 18.0 Å². The molecule has 0 spiro atoms. The molecule has 1 aliphatic heterocycles. The zero-order chi connectivity index (χ0) is 13.9. The Morgan fingerprint density at radius 1 is 1.47 bits per heavy atom. The smallest absolute Gasteiger partial charge is 0.410 e. The van der Waals surface area contributed by atoms with Crippen LogP contribution in [-0.4, -0.2) is 44.9 Å². The van der Waals surface area contributed by atoms with Crippen molar-refractivity contribution >= 4 is 17.9 Å². The van der Waals surface area contributed by atoms with Gasteiger partial charge in [-0.2, -0.15) is 0 Å². The summed E-state index contributed by atoms with van der Waals surface area (Å²) >= 11 is 1.67. The first-order chi connectivity index (χ1) is 8.94. The molecule has 5 nitrogen and oxygen atoms in total. The third kappa shape index (κ3) is 4.38. The Morgan fingerprint density at radius 3 is 2.89 bits per heavy atom. The van der Waals surface area contributed by atoms with Gasteiger partial charge in [0, 0.05) is 30.7 Å². The van der Waals surface area contributed by atoms with Gasteiger partial charge in [-0.1, -0.05) is 11.8 Å². The van der Waals surface area contributed by atoms with Crippen LogP contribution < -0.4 is 0 Å².